The van der Waals surface area contributed by atoms with Crippen LogP contribution in [0.15, 0.2) is 18.2 Å². The first-order chi connectivity index (χ1) is 10.7. The number of nitro groups is 1. The summed E-state index contributed by atoms with van der Waals surface area (Å²) in [6, 6.07) is 4.85. The van der Waals surface area contributed by atoms with Crippen LogP contribution in [0.25, 0.3) is 17.0 Å². The summed E-state index contributed by atoms with van der Waals surface area (Å²) < 4.78 is 1.51. The van der Waals surface area contributed by atoms with Crippen molar-refractivity contribution in [3.63, 3.8) is 0 Å². The summed E-state index contributed by atoms with van der Waals surface area (Å²) in [6.45, 7) is 7.80. The summed E-state index contributed by atoms with van der Waals surface area (Å²) in [4.78, 5) is 15.1. The van der Waals surface area contributed by atoms with Gasteiger partial charge >= 0.3 is 0 Å². The first kappa shape index (κ1) is 15.5. The van der Waals surface area contributed by atoms with Crippen LogP contribution in [-0.4, -0.2) is 24.7 Å². The molecule has 3 rings (SSSR count). The number of hydrogen-bond acceptors (Lipinski definition) is 4. The third-order valence-electron chi connectivity index (χ3n) is 3.73. The van der Waals surface area contributed by atoms with Crippen LogP contribution in [0, 0.1) is 17.0 Å². The van der Waals surface area contributed by atoms with Gasteiger partial charge in [-0.25, -0.2) is 4.98 Å². The lowest BCUT2D eigenvalue weighted by atomic mass is 9.92. The molecule has 0 atom stereocenters. The number of fused-ring (bicyclic) bond motifs is 1. The highest BCUT2D eigenvalue weighted by Gasteiger charge is 2.25. The number of benzene rings is 1. The summed E-state index contributed by atoms with van der Waals surface area (Å²) >= 11 is 6.40. The number of aromatic nitrogens is 4. The van der Waals surface area contributed by atoms with Crippen LogP contribution in [0.3, 0.4) is 0 Å². The van der Waals surface area contributed by atoms with E-state index in [0.717, 1.165) is 5.69 Å². The maximum absolute atomic E-state index is 11.1. The quantitative estimate of drug-likeness (QED) is 0.569. The van der Waals surface area contributed by atoms with Gasteiger partial charge in [0.2, 0.25) is 0 Å². The van der Waals surface area contributed by atoms with Gasteiger partial charge in [0, 0.05) is 22.6 Å². The number of aromatic amines is 1. The van der Waals surface area contributed by atoms with Crippen molar-refractivity contribution in [2.24, 2.45) is 0 Å². The van der Waals surface area contributed by atoms with Crippen molar-refractivity contribution >= 4 is 22.9 Å². The van der Waals surface area contributed by atoms with Gasteiger partial charge in [-0.3, -0.25) is 15.2 Å². The molecule has 0 aliphatic carbocycles. The fourth-order valence-electron chi connectivity index (χ4n) is 2.47. The molecule has 3 aromatic rings. The lowest BCUT2D eigenvalue weighted by Crippen LogP contribution is -2.13. The number of H-pyrrole nitrogens is 1. The number of nitro benzene ring substituents is 1. The first-order valence-electron chi connectivity index (χ1n) is 7.09. The molecule has 7 nitrogen and oxygen atoms in total. The molecule has 1 N–H and O–H groups in total. The number of hydrogen-bond donors (Lipinski definition) is 1. The standard InChI is InChI=1S/C15H16ClN5O2/c1-8-9(6-5-7-10(8)21(22)23)13-17-14-11(16)12(15(2,3)4)18-20(14)19-13/h5-7,18H,1-4H3. The molecule has 120 valence electrons. The Morgan fingerprint density at radius 2 is 2.04 bits per heavy atom. The minimum atomic E-state index is -0.411. The molecule has 0 amide bonds. The number of halogens is 1. The Balaban J connectivity index is 2.16. The molecule has 23 heavy (non-hydrogen) atoms. The average Bonchev–Trinajstić information content (AvgIpc) is 2.98. The molecule has 0 unspecified atom stereocenters. The topological polar surface area (TPSA) is 89.1 Å². The smallest absolute Gasteiger partial charge is 0.273 e. The first-order valence-corrected chi connectivity index (χ1v) is 7.47. The van der Waals surface area contributed by atoms with Crippen molar-refractivity contribution in [1.29, 1.82) is 0 Å². The molecule has 1 aromatic carbocycles. The average molecular weight is 334 g/mol. The molecule has 0 saturated carbocycles. The van der Waals surface area contributed by atoms with Gasteiger partial charge in [-0.2, -0.15) is 4.63 Å². The molecule has 2 heterocycles. The van der Waals surface area contributed by atoms with Crippen LogP contribution in [0.4, 0.5) is 5.69 Å². The third-order valence-corrected chi connectivity index (χ3v) is 4.09. The Bertz CT molecular complexity index is 920. The van der Waals surface area contributed by atoms with Crippen LogP contribution in [0.1, 0.15) is 32.0 Å². The Morgan fingerprint density at radius 1 is 1.35 bits per heavy atom. The Labute approximate surface area is 137 Å². The fourth-order valence-corrected chi connectivity index (χ4v) is 2.92. The fraction of sp³-hybridized carbons (Fsp3) is 0.333. The van der Waals surface area contributed by atoms with E-state index in [9.17, 15) is 10.1 Å². The van der Waals surface area contributed by atoms with Gasteiger partial charge in [0.1, 0.15) is 5.02 Å². The van der Waals surface area contributed by atoms with Crippen molar-refractivity contribution < 1.29 is 4.92 Å². The molecule has 2 aromatic heterocycles. The Hall–Kier alpha value is -2.41. The van der Waals surface area contributed by atoms with E-state index in [-0.39, 0.29) is 11.1 Å². The van der Waals surface area contributed by atoms with Crippen molar-refractivity contribution in [1.82, 2.24) is 19.8 Å². The summed E-state index contributed by atoms with van der Waals surface area (Å²) in [5.41, 5.74) is 2.38. The molecule has 8 heteroatoms. The lowest BCUT2D eigenvalue weighted by molar-refractivity contribution is -0.385. The molecule has 0 spiro atoms. The van der Waals surface area contributed by atoms with Gasteiger partial charge in [-0.1, -0.05) is 44.5 Å². The zero-order valence-corrected chi connectivity index (χ0v) is 14.0. The van der Waals surface area contributed by atoms with Gasteiger partial charge in [0.15, 0.2) is 11.5 Å². The van der Waals surface area contributed by atoms with E-state index in [2.05, 4.69) is 15.2 Å². The summed E-state index contributed by atoms with van der Waals surface area (Å²) in [5.74, 6) is 0.403. The van der Waals surface area contributed by atoms with Crippen LogP contribution in [0.2, 0.25) is 5.02 Å². The highest BCUT2D eigenvalue weighted by Crippen LogP contribution is 2.33. The minimum Gasteiger partial charge on any atom is -0.278 e. The highest BCUT2D eigenvalue weighted by atomic mass is 35.5. The van der Waals surface area contributed by atoms with Crippen LogP contribution in [-0.2, 0) is 5.41 Å². The number of rotatable bonds is 2. The van der Waals surface area contributed by atoms with Crippen LogP contribution < -0.4 is 0 Å². The highest BCUT2D eigenvalue weighted by molar-refractivity contribution is 6.34. The van der Waals surface area contributed by atoms with E-state index in [1.54, 1.807) is 19.1 Å². The zero-order chi connectivity index (χ0) is 16.9. The predicted octanol–water partition coefficient (Wildman–Crippen LogP) is 3.89. The maximum atomic E-state index is 11.1. The van der Waals surface area contributed by atoms with E-state index in [1.807, 2.05) is 20.8 Å². The van der Waals surface area contributed by atoms with Gasteiger partial charge in [0.05, 0.1) is 10.6 Å². The number of nitrogens with zero attached hydrogens (tertiary/aromatic N) is 4. The molecule has 0 saturated heterocycles. The van der Waals surface area contributed by atoms with Crippen molar-refractivity contribution in [3.8, 4) is 11.4 Å². The second-order valence-electron chi connectivity index (χ2n) is 6.43. The second-order valence-corrected chi connectivity index (χ2v) is 6.81. The molecule has 0 fully saturated rings. The monoisotopic (exact) mass is 333 g/mol. The molecule has 0 bridgehead atoms. The Morgan fingerprint density at radius 3 is 2.61 bits per heavy atom. The van der Waals surface area contributed by atoms with Gasteiger partial charge < -0.3 is 0 Å². The zero-order valence-electron chi connectivity index (χ0n) is 13.2. The van der Waals surface area contributed by atoms with Crippen LogP contribution in [0.5, 0.6) is 0 Å². The summed E-state index contributed by atoms with van der Waals surface area (Å²) in [7, 11) is 0. The summed E-state index contributed by atoms with van der Waals surface area (Å²) in [5, 5.41) is 19.1. The van der Waals surface area contributed by atoms with Crippen LogP contribution >= 0.6 is 11.6 Å². The van der Waals surface area contributed by atoms with E-state index in [1.165, 1.54) is 10.7 Å². The molecule has 0 radical (unpaired) electrons. The van der Waals surface area contributed by atoms with E-state index >= 15 is 0 Å². The predicted molar refractivity (Wildman–Crippen MR) is 87.9 cm³/mol. The third kappa shape index (κ3) is 2.46. The van der Waals surface area contributed by atoms with Gasteiger partial charge in [0.25, 0.3) is 5.69 Å². The molecule has 0 aliphatic heterocycles. The molecular weight excluding hydrogens is 318 g/mol. The van der Waals surface area contributed by atoms with E-state index in [4.69, 9.17) is 11.6 Å². The maximum Gasteiger partial charge on any atom is 0.273 e. The van der Waals surface area contributed by atoms with Crippen molar-refractivity contribution in [2.45, 2.75) is 33.1 Å². The normalized spacial score (nSPS) is 12.0. The van der Waals surface area contributed by atoms with Crippen molar-refractivity contribution in [3.05, 3.63) is 44.6 Å². The second kappa shape index (κ2) is 5.06. The lowest BCUT2D eigenvalue weighted by Gasteiger charge is -2.16. The van der Waals surface area contributed by atoms with Crippen molar-refractivity contribution in [2.75, 3.05) is 0 Å². The van der Waals surface area contributed by atoms with E-state index < -0.39 is 4.92 Å². The Kier molecular flexibility index (Phi) is 3.40. The van der Waals surface area contributed by atoms with Gasteiger partial charge in [-0.15, -0.1) is 5.10 Å². The minimum absolute atomic E-state index is 0.0439. The van der Waals surface area contributed by atoms with Gasteiger partial charge in [-0.05, 0) is 6.92 Å². The van der Waals surface area contributed by atoms with E-state index in [0.29, 0.717) is 27.6 Å². The largest absolute Gasteiger partial charge is 0.278 e. The number of nitrogens with one attached hydrogen (secondary N) is 1. The molecular formula is C15H16ClN5O2. The molecule has 0 aliphatic rings. The SMILES string of the molecule is Cc1c(-c2nc3c(Cl)c(C(C)(C)C)[nH]n3n2)cccc1[N+](=O)[O-]. The summed E-state index contributed by atoms with van der Waals surface area (Å²) in [6.07, 6.45) is 0.